The minimum Gasteiger partial charge on any atom is -0.497 e. The Morgan fingerprint density at radius 3 is 1.96 bits per heavy atom. The Kier molecular flexibility index (Phi) is 5.18. The minimum absolute atomic E-state index is 0.864. The molecule has 0 aliphatic carbocycles. The molecular formula is C20H26OSi2. The molecule has 0 unspecified atom stereocenters. The number of benzene rings is 2. The Morgan fingerprint density at radius 1 is 0.783 bits per heavy atom. The van der Waals surface area contributed by atoms with Gasteiger partial charge < -0.3 is 4.74 Å². The molecule has 0 spiro atoms. The first-order valence-corrected chi connectivity index (χ1v) is 15.5. The zero-order valence-electron chi connectivity index (χ0n) is 15.0. The van der Waals surface area contributed by atoms with Crippen molar-refractivity contribution in [1.82, 2.24) is 0 Å². The van der Waals surface area contributed by atoms with E-state index >= 15 is 0 Å². The Morgan fingerprint density at radius 2 is 1.39 bits per heavy atom. The van der Waals surface area contributed by atoms with Crippen molar-refractivity contribution in [2.75, 3.05) is 7.11 Å². The second kappa shape index (κ2) is 6.78. The van der Waals surface area contributed by atoms with Crippen LogP contribution in [0.1, 0.15) is 11.1 Å². The van der Waals surface area contributed by atoms with Gasteiger partial charge in [0.1, 0.15) is 5.75 Å². The summed E-state index contributed by atoms with van der Waals surface area (Å²) in [5.41, 5.74) is 2.22. The fraction of sp³-hybridized carbons (Fsp3) is 0.300. The van der Waals surface area contributed by atoms with Crippen LogP contribution in [-0.2, 0) is 0 Å². The van der Waals surface area contributed by atoms with Gasteiger partial charge >= 0.3 is 0 Å². The van der Waals surface area contributed by atoms with E-state index in [2.05, 4.69) is 68.8 Å². The number of ether oxygens (including phenoxy) is 1. The van der Waals surface area contributed by atoms with E-state index < -0.39 is 15.2 Å². The van der Waals surface area contributed by atoms with Crippen molar-refractivity contribution in [1.29, 1.82) is 0 Å². The van der Waals surface area contributed by atoms with Gasteiger partial charge in [-0.25, -0.2) is 0 Å². The van der Waals surface area contributed by atoms with Crippen LogP contribution in [0.3, 0.4) is 0 Å². The van der Waals surface area contributed by atoms with Crippen LogP contribution in [0, 0.1) is 11.8 Å². The van der Waals surface area contributed by atoms with Gasteiger partial charge in [-0.3, -0.25) is 0 Å². The molecule has 0 saturated carbocycles. The van der Waals surface area contributed by atoms with E-state index in [1.807, 2.05) is 24.3 Å². The highest BCUT2D eigenvalue weighted by Gasteiger charge is 2.39. The van der Waals surface area contributed by atoms with Crippen molar-refractivity contribution in [3.05, 3.63) is 59.7 Å². The molecule has 23 heavy (non-hydrogen) atoms. The minimum atomic E-state index is -1.46. The van der Waals surface area contributed by atoms with Crippen LogP contribution in [-0.4, -0.2) is 22.3 Å². The monoisotopic (exact) mass is 338 g/mol. The van der Waals surface area contributed by atoms with Crippen molar-refractivity contribution < 1.29 is 4.74 Å². The predicted molar refractivity (Wildman–Crippen MR) is 106 cm³/mol. The highest BCUT2D eigenvalue weighted by molar-refractivity contribution is 7.45. The summed E-state index contributed by atoms with van der Waals surface area (Å²) in [5, 5.41) is 1.50. The van der Waals surface area contributed by atoms with E-state index in [0.717, 1.165) is 11.3 Å². The SMILES string of the molecule is COc1ccc(C#Cc2ccccc2[Si](C)(C)[Si](C)(C)C)cc1. The normalized spacial score (nSPS) is 11.6. The van der Waals surface area contributed by atoms with E-state index in [4.69, 9.17) is 4.74 Å². The van der Waals surface area contributed by atoms with Gasteiger partial charge in [0.15, 0.2) is 0 Å². The molecule has 0 N–H and O–H groups in total. The molecule has 0 saturated heterocycles. The first kappa shape index (κ1) is 17.6. The van der Waals surface area contributed by atoms with Gasteiger partial charge in [0, 0.05) is 18.7 Å². The summed E-state index contributed by atoms with van der Waals surface area (Å²) in [6.45, 7) is 12.4. The van der Waals surface area contributed by atoms with Gasteiger partial charge in [0.2, 0.25) is 0 Å². The van der Waals surface area contributed by atoms with Gasteiger partial charge in [0.05, 0.1) is 14.7 Å². The molecule has 1 nitrogen and oxygen atoms in total. The summed E-state index contributed by atoms with van der Waals surface area (Å²) in [4.78, 5) is 0. The summed E-state index contributed by atoms with van der Waals surface area (Å²) in [7, 11) is -1.00. The maximum atomic E-state index is 5.20. The molecule has 2 rings (SSSR count). The molecule has 0 aliphatic rings. The quantitative estimate of drug-likeness (QED) is 0.594. The third-order valence-electron chi connectivity index (χ3n) is 4.91. The molecule has 3 heteroatoms. The van der Waals surface area contributed by atoms with Crippen molar-refractivity contribution in [2.24, 2.45) is 0 Å². The van der Waals surface area contributed by atoms with Gasteiger partial charge in [-0.2, -0.15) is 0 Å². The van der Waals surface area contributed by atoms with Crippen molar-refractivity contribution in [2.45, 2.75) is 32.7 Å². The number of hydrogen-bond donors (Lipinski definition) is 0. The fourth-order valence-corrected chi connectivity index (χ4v) is 7.57. The number of rotatable bonds is 3. The van der Waals surface area contributed by atoms with Crippen LogP contribution >= 0.6 is 0 Å². The molecular weight excluding hydrogens is 312 g/mol. The van der Waals surface area contributed by atoms with Crippen molar-refractivity contribution >= 4 is 20.4 Å². The maximum absolute atomic E-state index is 5.20. The third-order valence-corrected chi connectivity index (χ3v) is 22.5. The topological polar surface area (TPSA) is 9.23 Å². The average Bonchev–Trinajstić information content (AvgIpc) is 2.52. The molecule has 0 fully saturated rings. The lowest BCUT2D eigenvalue weighted by atomic mass is 10.2. The maximum Gasteiger partial charge on any atom is 0.118 e. The number of methoxy groups -OCH3 is 1. The average molecular weight is 339 g/mol. The smallest absolute Gasteiger partial charge is 0.118 e. The Labute approximate surface area is 142 Å². The molecule has 0 heterocycles. The first-order valence-electron chi connectivity index (χ1n) is 8.01. The highest BCUT2D eigenvalue weighted by Crippen LogP contribution is 2.20. The van der Waals surface area contributed by atoms with E-state index in [0.29, 0.717) is 0 Å². The first-order chi connectivity index (χ1) is 10.8. The molecule has 0 atom stereocenters. The summed E-state index contributed by atoms with van der Waals surface area (Å²) in [5.74, 6) is 7.58. The second-order valence-electron chi connectivity index (χ2n) is 7.40. The molecule has 0 aliphatic heterocycles. The molecule has 0 amide bonds. The molecule has 0 radical (unpaired) electrons. The van der Waals surface area contributed by atoms with Gasteiger partial charge in [-0.15, -0.1) is 0 Å². The van der Waals surface area contributed by atoms with E-state index in [-0.39, 0.29) is 0 Å². The number of hydrogen-bond acceptors (Lipinski definition) is 1. The summed E-state index contributed by atoms with van der Waals surface area (Å²) in [6, 6.07) is 16.6. The Balaban J connectivity index is 2.41. The highest BCUT2D eigenvalue weighted by atomic mass is 29.3. The Bertz CT molecular complexity index is 729. The molecule has 120 valence electrons. The molecule has 2 aromatic carbocycles. The lowest BCUT2D eigenvalue weighted by Crippen LogP contribution is -2.61. The summed E-state index contributed by atoms with van der Waals surface area (Å²) in [6.07, 6.45) is 0. The van der Waals surface area contributed by atoms with Crippen molar-refractivity contribution in [3.63, 3.8) is 0 Å². The zero-order valence-corrected chi connectivity index (χ0v) is 17.0. The van der Waals surface area contributed by atoms with Crippen LogP contribution in [0.5, 0.6) is 5.75 Å². The third kappa shape index (κ3) is 3.96. The van der Waals surface area contributed by atoms with Crippen LogP contribution in [0.4, 0.5) is 0 Å². The van der Waals surface area contributed by atoms with Crippen LogP contribution in [0.15, 0.2) is 48.5 Å². The van der Waals surface area contributed by atoms with E-state index in [9.17, 15) is 0 Å². The molecule has 0 aromatic heterocycles. The predicted octanol–water partition coefficient (Wildman–Crippen LogP) is 4.43. The van der Waals surface area contributed by atoms with Gasteiger partial charge in [-0.1, -0.05) is 62.8 Å². The fourth-order valence-electron chi connectivity index (χ4n) is 2.35. The largest absolute Gasteiger partial charge is 0.497 e. The standard InChI is InChI=1S/C20H26OSi2/c1-21-19-15-12-17(13-16-19)11-14-18-9-7-8-10-20(18)23(5,6)22(2,3)4/h7-10,12-13,15-16H,1-6H3. The van der Waals surface area contributed by atoms with E-state index in [1.165, 1.54) is 10.8 Å². The lowest BCUT2D eigenvalue weighted by molar-refractivity contribution is 0.415. The van der Waals surface area contributed by atoms with Crippen molar-refractivity contribution in [3.8, 4) is 17.6 Å². The van der Waals surface area contributed by atoms with Crippen LogP contribution in [0.25, 0.3) is 0 Å². The molecule has 2 aromatic rings. The van der Waals surface area contributed by atoms with E-state index in [1.54, 1.807) is 7.11 Å². The van der Waals surface area contributed by atoms with Crippen LogP contribution in [0.2, 0.25) is 32.7 Å². The molecule has 0 bridgehead atoms. The zero-order chi connectivity index (χ0) is 17.1. The summed E-state index contributed by atoms with van der Waals surface area (Å²) < 4.78 is 5.20. The summed E-state index contributed by atoms with van der Waals surface area (Å²) >= 11 is 0. The Hall–Kier alpha value is -1.77. The lowest BCUT2D eigenvalue weighted by Gasteiger charge is -2.36. The van der Waals surface area contributed by atoms with Crippen LogP contribution < -0.4 is 9.92 Å². The van der Waals surface area contributed by atoms with Gasteiger partial charge in [0.25, 0.3) is 0 Å². The second-order valence-corrected chi connectivity index (χ2v) is 23.9. The van der Waals surface area contributed by atoms with Gasteiger partial charge in [-0.05, 0) is 35.5 Å².